The van der Waals surface area contributed by atoms with E-state index in [1.807, 2.05) is 0 Å². The van der Waals surface area contributed by atoms with Crippen LogP contribution in [0.1, 0.15) is 24.0 Å². The zero-order chi connectivity index (χ0) is 12.3. The fourth-order valence-electron chi connectivity index (χ4n) is 1.16. The van der Waals surface area contributed by atoms with Crippen LogP contribution in [0, 0.1) is 18.3 Å². The molecular weight excluding hydrogens is 219 g/mol. The smallest absolute Gasteiger partial charge is 0.406 e. The highest BCUT2D eigenvalue weighted by molar-refractivity contribution is 5.42. The van der Waals surface area contributed by atoms with Gasteiger partial charge in [0.1, 0.15) is 5.75 Å². The van der Waals surface area contributed by atoms with Crippen LogP contribution in [0.2, 0.25) is 0 Å². The van der Waals surface area contributed by atoms with Gasteiger partial charge in [-0.25, -0.2) is 0 Å². The maximum absolute atomic E-state index is 12.0. The van der Waals surface area contributed by atoms with Crippen LogP contribution in [-0.2, 0) is 0 Å². The number of ether oxygens (including phenoxy) is 1. The zero-order valence-electron chi connectivity index (χ0n) is 8.51. The average molecular weight is 228 g/mol. The van der Waals surface area contributed by atoms with E-state index in [-0.39, 0.29) is 11.5 Å². The Morgan fingerprint density at radius 3 is 2.44 bits per heavy atom. The van der Waals surface area contributed by atoms with Crippen molar-refractivity contribution in [3.63, 3.8) is 0 Å². The standard InChI is InChI=1S/C11H9F3NO/c1-7(2)9-3-8(6-15)4-10(5-9)16-11(12,13)14/h3-5,7H,1H2,2H3. The summed E-state index contributed by atoms with van der Waals surface area (Å²) in [5, 5.41) is 8.66. The van der Waals surface area contributed by atoms with Crippen molar-refractivity contribution >= 4 is 0 Å². The summed E-state index contributed by atoms with van der Waals surface area (Å²) >= 11 is 0. The van der Waals surface area contributed by atoms with Gasteiger partial charge in [-0.15, -0.1) is 13.2 Å². The highest BCUT2D eigenvalue weighted by Gasteiger charge is 2.31. The summed E-state index contributed by atoms with van der Waals surface area (Å²) in [6.07, 6.45) is -4.75. The van der Waals surface area contributed by atoms with E-state index in [0.717, 1.165) is 6.07 Å². The van der Waals surface area contributed by atoms with E-state index in [9.17, 15) is 13.2 Å². The number of nitrogens with zero attached hydrogens (tertiary/aromatic N) is 1. The molecule has 0 fully saturated rings. The molecule has 0 N–H and O–H groups in total. The Labute approximate surface area is 91.3 Å². The van der Waals surface area contributed by atoms with Crippen LogP contribution >= 0.6 is 0 Å². The molecule has 0 heterocycles. The van der Waals surface area contributed by atoms with Crippen molar-refractivity contribution in [1.82, 2.24) is 0 Å². The fourth-order valence-corrected chi connectivity index (χ4v) is 1.16. The van der Waals surface area contributed by atoms with Crippen molar-refractivity contribution in [3.05, 3.63) is 36.2 Å². The quantitative estimate of drug-likeness (QED) is 0.777. The molecule has 0 saturated carbocycles. The molecule has 0 bridgehead atoms. The van der Waals surface area contributed by atoms with Gasteiger partial charge in [-0.1, -0.05) is 6.92 Å². The predicted octanol–water partition coefficient (Wildman–Crippen LogP) is 3.39. The summed E-state index contributed by atoms with van der Waals surface area (Å²) in [6, 6.07) is 5.53. The van der Waals surface area contributed by atoms with Crippen LogP contribution in [-0.4, -0.2) is 6.36 Å². The Hall–Kier alpha value is -1.70. The SMILES string of the molecule is [CH2]C(C)c1cc(C#N)cc(OC(F)(F)F)c1. The van der Waals surface area contributed by atoms with Gasteiger partial charge in [0, 0.05) is 0 Å². The summed E-state index contributed by atoms with van der Waals surface area (Å²) in [5.41, 5.74) is 0.644. The molecule has 0 aliphatic rings. The zero-order valence-corrected chi connectivity index (χ0v) is 8.51. The third kappa shape index (κ3) is 3.46. The number of hydrogen-bond acceptors (Lipinski definition) is 2. The lowest BCUT2D eigenvalue weighted by atomic mass is 10.0. The number of rotatable bonds is 2. The predicted molar refractivity (Wildman–Crippen MR) is 51.6 cm³/mol. The highest BCUT2D eigenvalue weighted by Crippen LogP contribution is 2.27. The lowest BCUT2D eigenvalue weighted by Gasteiger charge is -2.12. The molecule has 0 aliphatic heterocycles. The Morgan fingerprint density at radius 2 is 2.00 bits per heavy atom. The molecule has 0 aromatic heterocycles. The van der Waals surface area contributed by atoms with Crippen LogP contribution in [0.15, 0.2) is 18.2 Å². The van der Waals surface area contributed by atoms with E-state index in [1.54, 1.807) is 13.0 Å². The summed E-state index contributed by atoms with van der Waals surface area (Å²) < 4.78 is 39.7. The minimum Gasteiger partial charge on any atom is -0.406 e. The van der Waals surface area contributed by atoms with Crippen molar-refractivity contribution in [2.45, 2.75) is 19.2 Å². The van der Waals surface area contributed by atoms with Gasteiger partial charge in [0.25, 0.3) is 0 Å². The van der Waals surface area contributed by atoms with E-state index >= 15 is 0 Å². The van der Waals surface area contributed by atoms with Gasteiger partial charge in [0.2, 0.25) is 0 Å². The van der Waals surface area contributed by atoms with E-state index in [0.29, 0.717) is 5.56 Å². The number of nitriles is 1. The fraction of sp³-hybridized carbons (Fsp3) is 0.273. The van der Waals surface area contributed by atoms with Crippen LogP contribution in [0.4, 0.5) is 13.2 Å². The number of alkyl halides is 3. The van der Waals surface area contributed by atoms with E-state index in [1.165, 1.54) is 12.1 Å². The molecule has 0 aliphatic carbocycles. The lowest BCUT2D eigenvalue weighted by molar-refractivity contribution is -0.274. The number of hydrogen-bond donors (Lipinski definition) is 0. The first-order valence-electron chi connectivity index (χ1n) is 4.46. The lowest BCUT2D eigenvalue weighted by Crippen LogP contribution is -2.17. The average Bonchev–Trinajstić information content (AvgIpc) is 2.14. The summed E-state index contributed by atoms with van der Waals surface area (Å²) in [4.78, 5) is 0. The molecule has 1 rings (SSSR count). The van der Waals surface area contributed by atoms with Crippen LogP contribution in [0.3, 0.4) is 0 Å². The highest BCUT2D eigenvalue weighted by atomic mass is 19.4. The molecule has 5 heteroatoms. The Kier molecular flexibility index (Phi) is 3.43. The van der Waals surface area contributed by atoms with Gasteiger partial charge >= 0.3 is 6.36 Å². The van der Waals surface area contributed by atoms with E-state index in [4.69, 9.17) is 5.26 Å². The Bertz CT molecular complexity index is 418. The molecule has 1 radical (unpaired) electrons. The van der Waals surface area contributed by atoms with Crippen LogP contribution in [0.25, 0.3) is 0 Å². The molecule has 1 atom stereocenters. The van der Waals surface area contributed by atoms with Crippen molar-refractivity contribution < 1.29 is 17.9 Å². The molecule has 1 aromatic rings. The van der Waals surface area contributed by atoms with Crippen LogP contribution < -0.4 is 4.74 Å². The van der Waals surface area contributed by atoms with Gasteiger partial charge in [0.05, 0.1) is 11.6 Å². The Balaban J connectivity index is 3.11. The molecule has 1 unspecified atom stereocenters. The monoisotopic (exact) mass is 228 g/mol. The van der Waals surface area contributed by atoms with Crippen molar-refractivity contribution in [2.24, 2.45) is 0 Å². The molecule has 0 amide bonds. The molecule has 85 valence electrons. The second-order valence-electron chi connectivity index (χ2n) is 3.35. The maximum Gasteiger partial charge on any atom is 0.573 e. The number of benzene rings is 1. The van der Waals surface area contributed by atoms with Gasteiger partial charge in [0.15, 0.2) is 0 Å². The van der Waals surface area contributed by atoms with Crippen molar-refractivity contribution in [1.29, 1.82) is 5.26 Å². The first-order chi connectivity index (χ1) is 7.31. The topological polar surface area (TPSA) is 33.0 Å². The van der Waals surface area contributed by atoms with E-state index in [2.05, 4.69) is 11.7 Å². The van der Waals surface area contributed by atoms with Crippen LogP contribution in [0.5, 0.6) is 5.75 Å². The molecule has 1 aromatic carbocycles. The summed E-state index contributed by atoms with van der Waals surface area (Å²) in [6.45, 7) is 5.39. The summed E-state index contributed by atoms with van der Waals surface area (Å²) in [7, 11) is 0. The van der Waals surface area contributed by atoms with Crippen molar-refractivity contribution in [2.75, 3.05) is 0 Å². The maximum atomic E-state index is 12.0. The van der Waals surface area contributed by atoms with Gasteiger partial charge in [-0.3, -0.25) is 0 Å². The third-order valence-electron chi connectivity index (χ3n) is 1.86. The molecule has 16 heavy (non-hydrogen) atoms. The first-order valence-corrected chi connectivity index (χ1v) is 4.46. The molecule has 2 nitrogen and oxygen atoms in total. The normalized spacial score (nSPS) is 11.3. The second-order valence-corrected chi connectivity index (χ2v) is 3.35. The van der Waals surface area contributed by atoms with Crippen molar-refractivity contribution in [3.8, 4) is 11.8 Å². The number of halogens is 3. The second kappa shape index (κ2) is 4.44. The third-order valence-corrected chi connectivity index (χ3v) is 1.86. The van der Waals surface area contributed by atoms with E-state index < -0.39 is 12.1 Å². The summed E-state index contributed by atoms with van der Waals surface area (Å²) in [5.74, 6) is -0.610. The minimum absolute atomic E-state index is 0.118. The molecular formula is C11H9F3NO. The first kappa shape index (κ1) is 12.4. The largest absolute Gasteiger partial charge is 0.573 e. The van der Waals surface area contributed by atoms with Gasteiger partial charge < -0.3 is 4.74 Å². The van der Waals surface area contributed by atoms with Gasteiger partial charge in [-0.05, 0) is 36.6 Å². The van der Waals surface area contributed by atoms with Gasteiger partial charge in [-0.2, -0.15) is 5.26 Å². The Morgan fingerprint density at radius 1 is 1.38 bits per heavy atom. The molecule has 0 spiro atoms. The minimum atomic E-state index is -4.75. The molecule has 0 saturated heterocycles.